The van der Waals surface area contributed by atoms with Gasteiger partial charge in [-0.05, 0) is 117 Å². The Balaban J connectivity index is 1.73. The molecule has 6 aromatic rings. The molecule has 6 aromatic carbocycles. The van der Waals surface area contributed by atoms with Crippen LogP contribution in [-0.4, -0.2) is 0 Å². The van der Waals surface area contributed by atoms with Crippen molar-refractivity contribution in [2.45, 2.75) is 0 Å². The minimum atomic E-state index is -0.935. The zero-order valence-electron chi connectivity index (χ0n) is 35.4. The Morgan fingerprint density at radius 3 is 0.786 bits per heavy atom. The average Bonchev–Trinajstić information content (AvgIpc) is 3.89. The minimum Gasteiger partial charge on any atom is -0.206 e. The van der Waals surface area contributed by atoms with Crippen LogP contribution in [0.25, 0.3) is 22.3 Å². The molecule has 0 fully saturated rings. The SMILES string of the molecule is N#CC1=C(c2ccc(C#N)c(C#N)c2)C(=C(c2ccc(F)c(C#N)c2)c2ccc(F)c(C#N)c2)C2=C1C(=C(c1ccc(F)c(C#N)c1)c1ccc(F)c(C#N)c1)C(c1ccc(C#N)c(C#N)c1)=C2C#N. The van der Waals surface area contributed by atoms with E-state index in [2.05, 4.69) is 12.1 Å². The Bertz CT molecular complexity index is 3660. The normalized spacial score (nSPS) is 12.2. The summed E-state index contributed by atoms with van der Waals surface area (Å²) in [6, 6.07) is 41.1. The molecule has 10 nitrogen and oxygen atoms in total. The van der Waals surface area contributed by atoms with E-state index in [0.29, 0.717) is 0 Å². The lowest BCUT2D eigenvalue weighted by molar-refractivity contribution is 0.623. The fraction of sp³-hybridized carbons (Fsp3) is 0. The van der Waals surface area contributed by atoms with Gasteiger partial charge in [0.05, 0.1) is 55.7 Å². The van der Waals surface area contributed by atoms with Crippen LogP contribution in [0, 0.1) is 137 Å². The molecule has 0 atom stereocenters. The van der Waals surface area contributed by atoms with Gasteiger partial charge in [0.2, 0.25) is 0 Å². The molecule has 0 unspecified atom stereocenters. The quantitative estimate of drug-likeness (QED) is 0.143. The summed E-state index contributed by atoms with van der Waals surface area (Å²) in [7, 11) is 0. The fourth-order valence-corrected chi connectivity index (χ4v) is 8.56. The second-order valence-electron chi connectivity index (χ2n) is 15.2. The first-order chi connectivity index (χ1) is 33.9. The van der Waals surface area contributed by atoms with Crippen LogP contribution in [0.1, 0.15) is 77.9 Å². The summed E-state index contributed by atoms with van der Waals surface area (Å²) >= 11 is 0. The standard InChI is InChI=1S/C56H18F4N10/c57-45-9-5-29(15-39(45)23-65)49(30-6-10-46(58)40(16-30)24-66)55-51(33-1-3-35(19-61)37(13-33)21-63)43(27-69)53-54(55)44(28-70)52(34-2-4-36(20-62)38(14-34)22-64)56(53)50(31-7-11-47(59)41(17-31)25-67)32-8-12-48(60)42(18-32)26-68/h1-18H. The van der Waals surface area contributed by atoms with E-state index in [0.717, 1.165) is 48.5 Å². The van der Waals surface area contributed by atoms with E-state index in [-0.39, 0.29) is 111 Å². The molecule has 320 valence electrons. The zero-order chi connectivity index (χ0) is 50.0. The van der Waals surface area contributed by atoms with Crippen molar-refractivity contribution in [2.24, 2.45) is 0 Å². The Kier molecular flexibility index (Phi) is 11.8. The third-order valence-electron chi connectivity index (χ3n) is 11.6. The molecule has 0 aliphatic heterocycles. The number of hydrogen-bond donors (Lipinski definition) is 0. The van der Waals surface area contributed by atoms with Crippen LogP contribution in [0.2, 0.25) is 0 Å². The summed E-state index contributed by atoms with van der Waals surface area (Å²) in [5.41, 5.74) is -2.82. The van der Waals surface area contributed by atoms with Crippen LogP contribution in [0.3, 0.4) is 0 Å². The molecule has 2 aliphatic rings. The molecule has 0 aromatic heterocycles. The molecule has 0 saturated heterocycles. The van der Waals surface area contributed by atoms with Crippen molar-refractivity contribution < 1.29 is 17.6 Å². The summed E-state index contributed by atoms with van der Waals surface area (Å²) in [6.07, 6.45) is 0. The van der Waals surface area contributed by atoms with E-state index in [1.54, 1.807) is 24.3 Å². The van der Waals surface area contributed by atoms with E-state index in [1.807, 2.05) is 24.3 Å². The van der Waals surface area contributed by atoms with Gasteiger partial charge in [-0.3, -0.25) is 0 Å². The molecule has 0 N–H and O–H groups in total. The number of benzene rings is 6. The maximum atomic E-state index is 15.3. The second-order valence-corrected chi connectivity index (χ2v) is 15.2. The van der Waals surface area contributed by atoms with Gasteiger partial charge in [-0.15, -0.1) is 0 Å². The van der Waals surface area contributed by atoms with Crippen molar-refractivity contribution in [3.8, 4) is 60.7 Å². The first-order valence-corrected chi connectivity index (χ1v) is 20.2. The van der Waals surface area contributed by atoms with Gasteiger partial charge >= 0.3 is 0 Å². The third kappa shape index (κ3) is 7.33. The summed E-state index contributed by atoms with van der Waals surface area (Å²) < 4.78 is 61.1. The van der Waals surface area contributed by atoms with Crippen LogP contribution in [0.15, 0.2) is 143 Å². The van der Waals surface area contributed by atoms with Crippen LogP contribution < -0.4 is 0 Å². The predicted octanol–water partition coefficient (Wildman–Crippen LogP) is 10.8. The van der Waals surface area contributed by atoms with Gasteiger partial charge < -0.3 is 0 Å². The van der Waals surface area contributed by atoms with Crippen molar-refractivity contribution in [1.82, 2.24) is 0 Å². The predicted molar refractivity (Wildman–Crippen MR) is 240 cm³/mol. The fourth-order valence-electron chi connectivity index (χ4n) is 8.56. The van der Waals surface area contributed by atoms with E-state index < -0.39 is 45.5 Å². The molecule has 2 aliphatic carbocycles. The smallest absolute Gasteiger partial charge is 0.140 e. The average molecular weight is 907 g/mol. The number of halogens is 4. The number of nitriles is 10. The van der Waals surface area contributed by atoms with Gasteiger partial charge in [-0.25, -0.2) is 17.6 Å². The largest absolute Gasteiger partial charge is 0.206 e. The van der Waals surface area contributed by atoms with Gasteiger partial charge in [0.25, 0.3) is 0 Å². The third-order valence-corrected chi connectivity index (χ3v) is 11.6. The molecule has 8 rings (SSSR count). The molecule has 0 radical (unpaired) electrons. The zero-order valence-corrected chi connectivity index (χ0v) is 35.4. The van der Waals surface area contributed by atoms with Gasteiger partial charge in [-0.2, -0.15) is 52.6 Å². The highest BCUT2D eigenvalue weighted by Gasteiger charge is 2.45. The monoisotopic (exact) mass is 906 g/mol. The lowest BCUT2D eigenvalue weighted by Gasteiger charge is -2.22. The van der Waals surface area contributed by atoms with Crippen molar-refractivity contribution in [3.63, 3.8) is 0 Å². The van der Waals surface area contributed by atoms with E-state index in [9.17, 15) is 52.6 Å². The molecule has 0 bridgehead atoms. The highest BCUT2D eigenvalue weighted by molar-refractivity contribution is 6.17. The lowest BCUT2D eigenvalue weighted by Crippen LogP contribution is -2.05. The van der Waals surface area contributed by atoms with E-state index >= 15 is 17.6 Å². The summed E-state index contributed by atoms with van der Waals surface area (Å²) in [6.45, 7) is 0. The maximum Gasteiger partial charge on any atom is 0.140 e. The van der Waals surface area contributed by atoms with Gasteiger partial charge in [0.1, 0.15) is 84.0 Å². The van der Waals surface area contributed by atoms with Crippen LogP contribution in [-0.2, 0) is 0 Å². The van der Waals surface area contributed by atoms with E-state index in [1.165, 1.54) is 60.7 Å². The molecular formula is C56H18F4N10. The molecule has 70 heavy (non-hydrogen) atoms. The molecule has 0 spiro atoms. The van der Waals surface area contributed by atoms with Crippen molar-refractivity contribution in [3.05, 3.63) is 244 Å². The van der Waals surface area contributed by atoms with E-state index in [4.69, 9.17) is 0 Å². The summed E-state index contributed by atoms with van der Waals surface area (Å²) in [4.78, 5) is 0. The number of hydrogen-bond acceptors (Lipinski definition) is 10. The highest BCUT2D eigenvalue weighted by Crippen LogP contribution is 2.60. The van der Waals surface area contributed by atoms with Gasteiger partial charge in [0, 0.05) is 33.4 Å². The lowest BCUT2D eigenvalue weighted by atomic mass is 9.79. The van der Waals surface area contributed by atoms with Crippen LogP contribution >= 0.6 is 0 Å². The van der Waals surface area contributed by atoms with Gasteiger partial charge in [-0.1, -0.05) is 36.4 Å². The molecular weight excluding hydrogens is 889 g/mol. The van der Waals surface area contributed by atoms with Crippen LogP contribution in [0.5, 0.6) is 0 Å². The van der Waals surface area contributed by atoms with Crippen LogP contribution in [0.4, 0.5) is 17.6 Å². The van der Waals surface area contributed by atoms with Gasteiger partial charge in [0.15, 0.2) is 0 Å². The second kappa shape index (κ2) is 18.3. The summed E-state index contributed by atoms with van der Waals surface area (Å²) in [5.74, 6) is -3.74. The van der Waals surface area contributed by atoms with Crippen molar-refractivity contribution >= 4 is 22.3 Å². The Morgan fingerprint density at radius 1 is 0.271 bits per heavy atom. The number of allylic oxidation sites excluding steroid dienone is 8. The topological polar surface area (TPSA) is 238 Å². The number of rotatable bonds is 6. The van der Waals surface area contributed by atoms with Crippen molar-refractivity contribution in [1.29, 1.82) is 52.6 Å². The Hall–Kier alpha value is -11.4. The molecule has 0 heterocycles. The molecule has 0 saturated carbocycles. The maximum absolute atomic E-state index is 15.3. The first kappa shape index (κ1) is 45.2. The first-order valence-electron chi connectivity index (χ1n) is 20.2. The van der Waals surface area contributed by atoms with Crippen molar-refractivity contribution in [2.75, 3.05) is 0 Å². The minimum absolute atomic E-state index is 0.0156. The Morgan fingerprint density at radius 2 is 0.543 bits per heavy atom. The summed E-state index contributed by atoms with van der Waals surface area (Å²) in [5, 5.41) is 104. The molecule has 14 heteroatoms. The number of nitrogens with zero attached hydrogens (tertiary/aromatic N) is 10. The molecule has 0 amide bonds. The Labute approximate surface area is 395 Å². The highest BCUT2D eigenvalue weighted by atomic mass is 19.1.